The van der Waals surface area contributed by atoms with E-state index < -0.39 is 5.92 Å². The van der Waals surface area contributed by atoms with Gasteiger partial charge in [-0.25, -0.2) is 4.39 Å². The number of carbonyl (C=O) groups is 3. The molecule has 2 atom stereocenters. The maximum Gasteiger partial charge on any atom is 0.253 e. The lowest BCUT2D eigenvalue weighted by Gasteiger charge is -2.17. The van der Waals surface area contributed by atoms with Crippen molar-refractivity contribution >= 4 is 23.4 Å². The van der Waals surface area contributed by atoms with Crippen LogP contribution in [-0.4, -0.2) is 55.0 Å². The summed E-state index contributed by atoms with van der Waals surface area (Å²) in [7, 11) is 0. The number of nitrogens with zero attached hydrogens (tertiary/aromatic N) is 1. The fourth-order valence-corrected chi connectivity index (χ4v) is 4.21. The molecule has 0 aromatic heterocycles. The number of benzene rings is 2. The Hall–Kier alpha value is -3.26. The van der Waals surface area contributed by atoms with Gasteiger partial charge in [-0.15, -0.1) is 0 Å². The van der Waals surface area contributed by atoms with Crippen LogP contribution < -0.4 is 10.6 Å². The third kappa shape index (κ3) is 5.96. The number of rotatable bonds is 8. The zero-order valence-electron chi connectivity index (χ0n) is 18.4. The quantitative estimate of drug-likeness (QED) is 0.644. The predicted molar refractivity (Wildman–Crippen MR) is 121 cm³/mol. The van der Waals surface area contributed by atoms with E-state index in [0.717, 1.165) is 18.4 Å². The molecule has 0 aliphatic carbocycles. The first-order valence-corrected chi connectivity index (χ1v) is 11.3. The van der Waals surface area contributed by atoms with Crippen LogP contribution in [0.2, 0.25) is 0 Å². The fraction of sp³-hybridized carbons (Fsp3) is 0.400. The second-order valence-corrected chi connectivity index (χ2v) is 8.50. The van der Waals surface area contributed by atoms with Gasteiger partial charge in [-0.05, 0) is 49.1 Å². The zero-order chi connectivity index (χ0) is 23.2. The van der Waals surface area contributed by atoms with Crippen molar-refractivity contribution in [2.24, 2.45) is 5.92 Å². The summed E-state index contributed by atoms with van der Waals surface area (Å²) in [5.41, 5.74) is 1.73. The van der Waals surface area contributed by atoms with E-state index >= 15 is 0 Å². The molecule has 3 amide bonds. The zero-order valence-corrected chi connectivity index (χ0v) is 18.4. The number of likely N-dealkylation sites (tertiary alicyclic amines) is 1. The molecular formula is C25H28FN3O4. The number of hydrogen-bond donors (Lipinski definition) is 2. The standard InChI is InChI=1S/C25H28FN3O4/c26-19-9-7-17(8-10-19)11-12-29-16-18(14-23(29)30)24(31)28-22-6-2-1-5-21(22)25(32)27-15-20-4-3-13-33-20/h1-2,5-10,18,20H,3-4,11-16H2,(H,27,32)(H,28,31)/t18-,20-/m0/s1. The summed E-state index contributed by atoms with van der Waals surface area (Å²) in [5, 5.41) is 5.70. The fourth-order valence-electron chi connectivity index (χ4n) is 4.21. The normalized spacial score (nSPS) is 20.2. The van der Waals surface area contributed by atoms with Gasteiger partial charge in [0.25, 0.3) is 5.91 Å². The van der Waals surface area contributed by atoms with E-state index in [-0.39, 0.29) is 36.1 Å². The number of hydrogen-bond acceptors (Lipinski definition) is 4. The van der Waals surface area contributed by atoms with Crippen LogP contribution in [0.1, 0.15) is 35.2 Å². The van der Waals surface area contributed by atoms with Crippen molar-refractivity contribution < 1.29 is 23.5 Å². The van der Waals surface area contributed by atoms with E-state index in [1.165, 1.54) is 12.1 Å². The third-order valence-electron chi connectivity index (χ3n) is 6.11. The smallest absolute Gasteiger partial charge is 0.253 e. The first-order valence-electron chi connectivity index (χ1n) is 11.3. The number of halogens is 1. The van der Waals surface area contributed by atoms with Crippen LogP contribution in [-0.2, 0) is 20.7 Å². The number of ether oxygens (including phenoxy) is 1. The molecule has 0 bridgehead atoms. The summed E-state index contributed by atoms with van der Waals surface area (Å²) in [6.45, 7) is 1.94. The molecule has 0 unspecified atom stereocenters. The molecular weight excluding hydrogens is 425 g/mol. The van der Waals surface area contributed by atoms with Crippen molar-refractivity contribution in [2.45, 2.75) is 31.8 Å². The lowest BCUT2D eigenvalue weighted by Crippen LogP contribution is -2.33. The molecule has 8 heteroatoms. The Balaban J connectivity index is 1.32. The van der Waals surface area contributed by atoms with Crippen molar-refractivity contribution in [3.8, 4) is 0 Å². The highest BCUT2D eigenvalue weighted by Crippen LogP contribution is 2.22. The molecule has 0 saturated carbocycles. The summed E-state index contributed by atoms with van der Waals surface area (Å²) < 4.78 is 18.6. The molecule has 2 N–H and O–H groups in total. The number of para-hydroxylation sites is 1. The van der Waals surface area contributed by atoms with Gasteiger partial charge in [-0.2, -0.15) is 0 Å². The van der Waals surface area contributed by atoms with Gasteiger partial charge in [0.1, 0.15) is 5.82 Å². The van der Waals surface area contributed by atoms with E-state index in [9.17, 15) is 18.8 Å². The van der Waals surface area contributed by atoms with Crippen molar-refractivity contribution in [3.63, 3.8) is 0 Å². The van der Waals surface area contributed by atoms with Crippen LogP contribution >= 0.6 is 0 Å². The first kappa shape index (κ1) is 22.9. The molecule has 2 aromatic carbocycles. The molecule has 0 radical (unpaired) electrons. The van der Waals surface area contributed by atoms with Crippen LogP contribution in [0.4, 0.5) is 10.1 Å². The Morgan fingerprint density at radius 3 is 2.67 bits per heavy atom. The minimum atomic E-state index is -0.492. The van der Waals surface area contributed by atoms with Gasteiger partial charge >= 0.3 is 0 Å². The second kappa shape index (κ2) is 10.6. The Morgan fingerprint density at radius 1 is 1.12 bits per heavy atom. The molecule has 7 nitrogen and oxygen atoms in total. The van der Waals surface area contributed by atoms with E-state index in [0.29, 0.717) is 43.9 Å². The number of amides is 3. The highest BCUT2D eigenvalue weighted by atomic mass is 19.1. The van der Waals surface area contributed by atoms with Gasteiger partial charge in [0.05, 0.1) is 23.3 Å². The van der Waals surface area contributed by atoms with Crippen molar-refractivity contribution in [1.82, 2.24) is 10.2 Å². The second-order valence-electron chi connectivity index (χ2n) is 8.50. The topological polar surface area (TPSA) is 87.7 Å². The van der Waals surface area contributed by atoms with Crippen LogP contribution in [0.15, 0.2) is 48.5 Å². The molecule has 2 aliphatic heterocycles. The van der Waals surface area contributed by atoms with Gasteiger partial charge in [-0.3, -0.25) is 14.4 Å². The number of nitrogens with one attached hydrogen (secondary N) is 2. The molecule has 2 fully saturated rings. The SMILES string of the molecule is O=C(NC[C@@H]1CCCO1)c1ccccc1NC(=O)[C@H]1CC(=O)N(CCc2ccc(F)cc2)C1. The molecule has 2 aromatic rings. The predicted octanol–water partition coefficient (Wildman–Crippen LogP) is 2.76. The molecule has 33 heavy (non-hydrogen) atoms. The molecule has 2 aliphatic rings. The van der Waals surface area contributed by atoms with Gasteiger partial charge in [0.15, 0.2) is 0 Å². The minimum Gasteiger partial charge on any atom is -0.376 e. The van der Waals surface area contributed by atoms with E-state index in [1.807, 2.05) is 0 Å². The number of carbonyl (C=O) groups excluding carboxylic acids is 3. The van der Waals surface area contributed by atoms with Crippen LogP contribution in [0.3, 0.4) is 0 Å². The van der Waals surface area contributed by atoms with Gasteiger partial charge in [0, 0.05) is 32.7 Å². The molecule has 4 rings (SSSR count). The largest absolute Gasteiger partial charge is 0.376 e. The van der Waals surface area contributed by atoms with E-state index in [1.54, 1.807) is 41.3 Å². The lowest BCUT2D eigenvalue weighted by molar-refractivity contribution is -0.128. The average Bonchev–Trinajstić information content (AvgIpc) is 3.47. The first-order chi connectivity index (χ1) is 16.0. The molecule has 174 valence electrons. The maximum absolute atomic E-state index is 13.1. The highest BCUT2D eigenvalue weighted by Gasteiger charge is 2.34. The summed E-state index contributed by atoms with van der Waals surface area (Å²) in [5.74, 6) is -1.43. The summed E-state index contributed by atoms with van der Waals surface area (Å²) in [4.78, 5) is 39.6. The molecule has 0 spiro atoms. The minimum absolute atomic E-state index is 0.0288. The van der Waals surface area contributed by atoms with E-state index in [2.05, 4.69) is 10.6 Å². The Labute approximate surface area is 192 Å². The van der Waals surface area contributed by atoms with Crippen LogP contribution in [0.25, 0.3) is 0 Å². The van der Waals surface area contributed by atoms with Crippen molar-refractivity contribution in [1.29, 1.82) is 0 Å². The highest BCUT2D eigenvalue weighted by molar-refractivity contribution is 6.05. The van der Waals surface area contributed by atoms with Crippen molar-refractivity contribution in [3.05, 3.63) is 65.5 Å². The molecule has 2 saturated heterocycles. The average molecular weight is 454 g/mol. The Bertz CT molecular complexity index is 1000. The van der Waals surface area contributed by atoms with Gasteiger partial charge in [0.2, 0.25) is 11.8 Å². The lowest BCUT2D eigenvalue weighted by atomic mass is 10.1. The van der Waals surface area contributed by atoms with Crippen LogP contribution in [0.5, 0.6) is 0 Å². The Morgan fingerprint density at radius 2 is 1.91 bits per heavy atom. The molecule has 2 heterocycles. The van der Waals surface area contributed by atoms with Gasteiger partial charge < -0.3 is 20.3 Å². The summed E-state index contributed by atoms with van der Waals surface area (Å²) >= 11 is 0. The monoisotopic (exact) mass is 453 g/mol. The van der Waals surface area contributed by atoms with Crippen molar-refractivity contribution in [2.75, 3.05) is 31.6 Å². The summed E-state index contributed by atoms with van der Waals surface area (Å²) in [6.07, 6.45) is 2.66. The summed E-state index contributed by atoms with van der Waals surface area (Å²) in [6, 6.07) is 13.0. The Kier molecular flexibility index (Phi) is 7.34. The van der Waals surface area contributed by atoms with Gasteiger partial charge in [-0.1, -0.05) is 24.3 Å². The third-order valence-corrected chi connectivity index (χ3v) is 6.11. The van der Waals surface area contributed by atoms with E-state index in [4.69, 9.17) is 4.74 Å². The van der Waals surface area contributed by atoms with Crippen LogP contribution in [0, 0.1) is 11.7 Å². The number of anilines is 1. The maximum atomic E-state index is 13.1.